The Labute approximate surface area is 69.2 Å². The molecule has 1 aliphatic carbocycles. The van der Waals surface area contributed by atoms with Gasteiger partial charge >= 0.3 is 0 Å². The Kier molecular flexibility index (Phi) is 2.08. The van der Waals surface area contributed by atoms with Gasteiger partial charge in [-0.2, -0.15) is 0 Å². The van der Waals surface area contributed by atoms with Gasteiger partial charge in [0.1, 0.15) is 6.29 Å². The van der Waals surface area contributed by atoms with Gasteiger partial charge in [-0.05, 0) is 23.7 Å². The van der Waals surface area contributed by atoms with Crippen LogP contribution in [0, 0.1) is 23.2 Å². The van der Waals surface area contributed by atoms with Crippen molar-refractivity contribution in [3.05, 3.63) is 0 Å². The number of aldehydes is 1. The van der Waals surface area contributed by atoms with Gasteiger partial charge in [-0.3, -0.25) is 0 Å². The number of carbonyl (C=O) groups excluding carboxylic acids is 1. The van der Waals surface area contributed by atoms with E-state index in [-0.39, 0.29) is 0 Å². The zero-order chi connectivity index (χ0) is 8.65. The molecule has 1 heteroatoms. The van der Waals surface area contributed by atoms with Crippen LogP contribution < -0.4 is 0 Å². The predicted octanol–water partition coefficient (Wildman–Crippen LogP) is 2.50. The zero-order valence-electron chi connectivity index (χ0n) is 7.92. The van der Waals surface area contributed by atoms with Crippen LogP contribution in [0.25, 0.3) is 0 Å². The Bertz CT molecular complexity index is 160. The van der Waals surface area contributed by atoms with E-state index in [1.165, 1.54) is 0 Å². The van der Waals surface area contributed by atoms with Crippen LogP contribution in [0.4, 0.5) is 0 Å². The van der Waals surface area contributed by atoms with Crippen LogP contribution in [-0.2, 0) is 4.79 Å². The second-order valence-corrected chi connectivity index (χ2v) is 4.64. The summed E-state index contributed by atoms with van der Waals surface area (Å²) < 4.78 is 0. The quantitative estimate of drug-likeness (QED) is 0.530. The maximum Gasteiger partial charge on any atom is 0.123 e. The van der Waals surface area contributed by atoms with Crippen molar-refractivity contribution in [2.75, 3.05) is 0 Å². The van der Waals surface area contributed by atoms with Gasteiger partial charge in [0, 0.05) is 5.92 Å². The summed E-state index contributed by atoms with van der Waals surface area (Å²) >= 11 is 0. The molecular formula is C10H18O. The van der Waals surface area contributed by atoms with Gasteiger partial charge in [0.15, 0.2) is 0 Å². The van der Waals surface area contributed by atoms with Crippen LogP contribution in [0.1, 0.15) is 34.1 Å². The van der Waals surface area contributed by atoms with E-state index in [4.69, 9.17) is 0 Å². The minimum absolute atomic E-state index is 0.306. The lowest BCUT2D eigenvalue weighted by atomic mass is 9.81. The summed E-state index contributed by atoms with van der Waals surface area (Å²) in [5.74, 6) is 1.56. The fourth-order valence-corrected chi connectivity index (χ4v) is 2.23. The smallest absolute Gasteiger partial charge is 0.123 e. The van der Waals surface area contributed by atoms with E-state index in [0.717, 1.165) is 12.7 Å². The van der Waals surface area contributed by atoms with Crippen molar-refractivity contribution in [2.24, 2.45) is 23.2 Å². The van der Waals surface area contributed by atoms with Gasteiger partial charge in [-0.15, -0.1) is 0 Å². The summed E-state index contributed by atoms with van der Waals surface area (Å²) in [6.45, 7) is 8.97. The van der Waals surface area contributed by atoms with E-state index in [1.54, 1.807) is 0 Å². The van der Waals surface area contributed by atoms with E-state index in [9.17, 15) is 4.79 Å². The molecule has 0 saturated heterocycles. The standard InChI is InChI=1S/C10H18O/c1-7-8(2)10(3,4)5-9(7)6-11/h6-9H,5H2,1-4H3/t7-,8+,9+/m0/s1. The van der Waals surface area contributed by atoms with Crippen LogP contribution >= 0.6 is 0 Å². The molecule has 0 aromatic heterocycles. The van der Waals surface area contributed by atoms with E-state index >= 15 is 0 Å². The van der Waals surface area contributed by atoms with Crippen molar-refractivity contribution in [1.29, 1.82) is 0 Å². The minimum Gasteiger partial charge on any atom is -0.303 e. The lowest BCUT2D eigenvalue weighted by molar-refractivity contribution is -0.112. The number of hydrogen-bond donors (Lipinski definition) is 0. The molecule has 0 unspecified atom stereocenters. The molecule has 0 bridgehead atoms. The Morgan fingerprint density at radius 2 is 1.91 bits per heavy atom. The van der Waals surface area contributed by atoms with E-state index in [2.05, 4.69) is 27.7 Å². The largest absolute Gasteiger partial charge is 0.303 e. The molecule has 1 aliphatic rings. The zero-order valence-corrected chi connectivity index (χ0v) is 7.92. The van der Waals surface area contributed by atoms with Crippen molar-refractivity contribution in [3.8, 4) is 0 Å². The molecule has 0 amide bonds. The van der Waals surface area contributed by atoms with Gasteiger partial charge in [0.2, 0.25) is 0 Å². The molecule has 0 aromatic rings. The predicted molar refractivity (Wildman–Crippen MR) is 46.3 cm³/mol. The first-order valence-electron chi connectivity index (χ1n) is 4.44. The van der Waals surface area contributed by atoms with Crippen molar-refractivity contribution in [1.82, 2.24) is 0 Å². The lowest BCUT2D eigenvalue weighted by Crippen LogP contribution is -2.17. The molecule has 0 radical (unpaired) electrons. The Hall–Kier alpha value is -0.330. The maximum absolute atomic E-state index is 10.7. The van der Waals surface area contributed by atoms with Crippen LogP contribution in [-0.4, -0.2) is 6.29 Å². The molecule has 0 heterocycles. The number of rotatable bonds is 1. The fraction of sp³-hybridized carbons (Fsp3) is 0.900. The maximum atomic E-state index is 10.7. The lowest BCUT2D eigenvalue weighted by Gasteiger charge is -2.24. The topological polar surface area (TPSA) is 17.1 Å². The summed E-state index contributed by atoms with van der Waals surface area (Å²) in [5.41, 5.74) is 0.366. The highest BCUT2D eigenvalue weighted by Crippen LogP contribution is 2.48. The molecular weight excluding hydrogens is 136 g/mol. The van der Waals surface area contributed by atoms with Crippen molar-refractivity contribution >= 4 is 6.29 Å². The molecule has 0 aromatic carbocycles. The van der Waals surface area contributed by atoms with Gasteiger partial charge < -0.3 is 4.79 Å². The average molecular weight is 154 g/mol. The van der Waals surface area contributed by atoms with Crippen LogP contribution in [0.3, 0.4) is 0 Å². The van der Waals surface area contributed by atoms with Gasteiger partial charge in [-0.1, -0.05) is 27.7 Å². The summed E-state index contributed by atoms with van der Waals surface area (Å²) in [5, 5.41) is 0. The highest BCUT2D eigenvalue weighted by atomic mass is 16.1. The normalized spacial score (nSPS) is 42.4. The third-order valence-corrected chi connectivity index (χ3v) is 3.63. The van der Waals surface area contributed by atoms with Crippen molar-refractivity contribution in [3.63, 3.8) is 0 Å². The van der Waals surface area contributed by atoms with E-state index in [0.29, 0.717) is 23.2 Å². The molecule has 64 valence electrons. The van der Waals surface area contributed by atoms with E-state index < -0.39 is 0 Å². The van der Waals surface area contributed by atoms with Crippen LogP contribution in [0.5, 0.6) is 0 Å². The highest BCUT2D eigenvalue weighted by Gasteiger charge is 2.42. The first-order chi connectivity index (χ1) is 4.99. The van der Waals surface area contributed by atoms with Crippen molar-refractivity contribution in [2.45, 2.75) is 34.1 Å². The van der Waals surface area contributed by atoms with Gasteiger partial charge in [-0.25, -0.2) is 0 Å². The fourth-order valence-electron chi connectivity index (χ4n) is 2.23. The molecule has 0 spiro atoms. The van der Waals surface area contributed by atoms with Crippen LogP contribution in [0.15, 0.2) is 0 Å². The molecule has 0 N–H and O–H groups in total. The molecule has 1 fully saturated rings. The average Bonchev–Trinajstić information content (AvgIpc) is 2.13. The van der Waals surface area contributed by atoms with E-state index in [1.807, 2.05) is 0 Å². The summed E-state index contributed by atoms with van der Waals surface area (Å²) in [6, 6.07) is 0. The summed E-state index contributed by atoms with van der Waals surface area (Å²) in [7, 11) is 0. The SMILES string of the molecule is C[C@H]1[C@@H](C)C(C)(C)C[C@@H]1C=O. The molecule has 1 nitrogen and oxygen atoms in total. The second kappa shape index (κ2) is 2.62. The van der Waals surface area contributed by atoms with Crippen molar-refractivity contribution < 1.29 is 4.79 Å². The first-order valence-corrected chi connectivity index (χ1v) is 4.44. The number of hydrogen-bond acceptors (Lipinski definition) is 1. The Morgan fingerprint density at radius 1 is 1.36 bits per heavy atom. The molecule has 1 rings (SSSR count). The Balaban J connectivity index is 2.76. The molecule has 1 saturated carbocycles. The minimum atomic E-state index is 0.306. The molecule has 0 aliphatic heterocycles. The monoisotopic (exact) mass is 154 g/mol. The third kappa shape index (κ3) is 1.33. The first kappa shape index (κ1) is 8.76. The van der Waals surface area contributed by atoms with Gasteiger partial charge in [0.25, 0.3) is 0 Å². The molecule has 3 atom stereocenters. The molecule has 11 heavy (non-hydrogen) atoms. The number of carbonyl (C=O) groups is 1. The summed E-state index contributed by atoms with van der Waals surface area (Å²) in [4.78, 5) is 10.7. The Morgan fingerprint density at radius 3 is 2.09 bits per heavy atom. The summed E-state index contributed by atoms with van der Waals surface area (Å²) in [6.07, 6.45) is 2.20. The highest BCUT2D eigenvalue weighted by molar-refractivity contribution is 5.55. The van der Waals surface area contributed by atoms with Crippen LogP contribution in [0.2, 0.25) is 0 Å². The second-order valence-electron chi connectivity index (χ2n) is 4.64. The van der Waals surface area contributed by atoms with Gasteiger partial charge in [0.05, 0.1) is 0 Å². The third-order valence-electron chi connectivity index (χ3n) is 3.63.